The van der Waals surface area contributed by atoms with E-state index in [2.05, 4.69) is 56.0 Å². The molecule has 6 nitrogen and oxygen atoms in total. The summed E-state index contributed by atoms with van der Waals surface area (Å²) in [5, 5.41) is 22.2. The lowest BCUT2D eigenvalue weighted by Crippen LogP contribution is -2.39. The molecule has 0 saturated heterocycles. The SMILES string of the molecule is Cc1[nH]nc2ccc(-c3nnc(NCC(N)C4CCc5ccccc5C4)s3)cc12. The van der Waals surface area contributed by atoms with Crippen molar-refractivity contribution in [2.24, 2.45) is 11.7 Å². The standard InChI is InChI=1S/C22H24N6S/c1-13-18-11-17(8-9-20(18)26-25-13)21-27-28-22(29-21)24-12-19(23)16-7-6-14-4-2-3-5-15(14)10-16/h2-5,8-9,11,16,19H,6-7,10,12,23H2,1H3,(H,24,28)(H,25,26). The normalized spacial score (nSPS) is 17.2. The zero-order valence-corrected chi connectivity index (χ0v) is 17.2. The molecule has 2 aromatic heterocycles. The maximum Gasteiger partial charge on any atom is 0.206 e. The minimum absolute atomic E-state index is 0.0978. The molecule has 1 aliphatic carbocycles. The first-order chi connectivity index (χ1) is 14.2. The summed E-state index contributed by atoms with van der Waals surface area (Å²) in [6.45, 7) is 2.73. The van der Waals surface area contributed by atoms with Gasteiger partial charge in [-0.1, -0.05) is 35.6 Å². The molecule has 148 valence electrons. The van der Waals surface area contributed by atoms with Gasteiger partial charge in [-0.2, -0.15) is 5.10 Å². The molecule has 0 aliphatic heterocycles. The van der Waals surface area contributed by atoms with Crippen LogP contribution in [0.15, 0.2) is 42.5 Å². The molecular weight excluding hydrogens is 380 g/mol. The van der Waals surface area contributed by atoms with Crippen molar-refractivity contribution in [3.63, 3.8) is 0 Å². The highest BCUT2D eigenvalue weighted by molar-refractivity contribution is 7.18. The maximum absolute atomic E-state index is 6.52. The van der Waals surface area contributed by atoms with Crippen LogP contribution in [0.5, 0.6) is 0 Å². The van der Waals surface area contributed by atoms with E-state index in [0.29, 0.717) is 12.5 Å². The number of nitrogens with zero attached hydrogens (tertiary/aromatic N) is 3. The first-order valence-electron chi connectivity index (χ1n) is 10.0. The van der Waals surface area contributed by atoms with E-state index in [0.717, 1.165) is 51.6 Å². The second-order valence-electron chi connectivity index (χ2n) is 7.81. The van der Waals surface area contributed by atoms with Crippen molar-refractivity contribution < 1.29 is 0 Å². The molecule has 0 fully saturated rings. The molecule has 4 N–H and O–H groups in total. The number of nitrogens with two attached hydrogens (primary N) is 1. The lowest BCUT2D eigenvalue weighted by Gasteiger charge is -2.29. The number of aromatic amines is 1. The maximum atomic E-state index is 6.52. The second-order valence-corrected chi connectivity index (χ2v) is 8.79. The lowest BCUT2D eigenvalue weighted by atomic mass is 9.80. The summed E-state index contributed by atoms with van der Waals surface area (Å²) in [6.07, 6.45) is 3.32. The molecule has 2 heterocycles. The van der Waals surface area contributed by atoms with Gasteiger partial charge in [0.2, 0.25) is 5.13 Å². The van der Waals surface area contributed by atoms with Gasteiger partial charge in [0.05, 0.1) is 5.52 Å². The van der Waals surface area contributed by atoms with Crippen LogP contribution in [-0.2, 0) is 12.8 Å². The van der Waals surface area contributed by atoms with Gasteiger partial charge in [-0.3, -0.25) is 5.10 Å². The van der Waals surface area contributed by atoms with Gasteiger partial charge in [0.15, 0.2) is 0 Å². The lowest BCUT2D eigenvalue weighted by molar-refractivity contribution is 0.384. The fraction of sp³-hybridized carbons (Fsp3) is 0.318. The van der Waals surface area contributed by atoms with E-state index in [4.69, 9.17) is 5.73 Å². The molecule has 4 aromatic rings. The first kappa shape index (κ1) is 18.3. The third-order valence-corrected chi connectivity index (χ3v) is 6.83. The van der Waals surface area contributed by atoms with Crippen molar-refractivity contribution in [3.05, 3.63) is 59.3 Å². The number of nitrogens with one attached hydrogen (secondary N) is 2. The third kappa shape index (κ3) is 3.63. The summed E-state index contributed by atoms with van der Waals surface area (Å²) in [5.41, 5.74) is 12.5. The Labute approximate surface area is 173 Å². The third-order valence-electron chi connectivity index (χ3n) is 5.90. The topological polar surface area (TPSA) is 92.5 Å². The second kappa shape index (κ2) is 7.57. The Kier molecular flexibility index (Phi) is 4.77. The van der Waals surface area contributed by atoms with Crippen LogP contribution >= 0.6 is 11.3 Å². The Morgan fingerprint density at radius 3 is 2.97 bits per heavy atom. The van der Waals surface area contributed by atoms with Crippen LogP contribution in [-0.4, -0.2) is 33.0 Å². The predicted molar refractivity (Wildman–Crippen MR) is 118 cm³/mol. The molecule has 5 rings (SSSR count). The van der Waals surface area contributed by atoms with Gasteiger partial charge < -0.3 is 11.1 Å². The molecule has 2 atom stereocenters. The van der Waals surface area contributed by atoms with Crippen LogP contribution in [0.1, 0.15) is 23.2 Å². The number of hydrogen-bond donors (Lipinski definition) is 3. The van der Waals surface area contributed by atoms with E-state index in [9.17, 15) is 0 Å². The summed E-state index contributed by atoms with van der Waals surface area (Å²) in [4.78, 5) is 0. The highest BCUT2D eigenvalue weighted by Crippen LogP contribution is 2.30. The number of hydrogen-bond acceptors (Lipinski definition) is 6. The van der Waals surface area contributed by atoms with E-state index in [1.165, 1.54) is 11.1 Å². The molecule has 1 aliphatic rings. The van der Waals surface area contributed by atoms with Gasteiger partial charge in [0.1, 0.15) is 5.01 Å². The molecule has 7 heteroatoms. The first-order valence-corrected chi connectivity index (χ1v) is 10.8. The Morgan fingerprint density at radius 1 is 1.21 bits per heavy atom. The Balaban J connectivity index is 1.24. The largest absolute Gasteiger partial charge is 0.359 e. The number of fused-ring (bicyclic) bond motifs is 2. The zero-order valence-electron chi connectivity index (χ0n) is 16.4. The fourth-order valence-electron chi connectivity index (χ4n) is 4.15. The van der Waals surface area contributed by atoms with Crippen molar-refractivity contribution in [3.8, 4) is 10.6 Å². The van der Waals surface area contributed by atoms with E-state index in [1.807, 2.05) is 19.1 Å². The van der Waals surface area contributed by atoms with Gasteiger partial charge >= 0.3 is 0 Å². The van der Waals surface area contributed by atoms with E-state index in [1.54, 1.807) is 11.3 Å². The van der Waals surface area contributed by atoms with Crippen molar-refractivity contribution >= 4 is 27.4 Å². The molecule has 0 amide bonds. The quantitative estimate of drug-likeness (QED) is 0.469. The highest BCUT2D eigenvalue weighted by atomic mass is 32.1. The van der Waals surface area contributed by atoms with E-state index >= 15 is 0 Å². The number of aromatic nitrogens is 4. The monoisotopic (exact) mass is 404 g/mol. The summed E-state index contributed by atoms with van der Waals surface area (Å²) < 4.78 is 0. The van der Waals surface area contributed by atoms with Crippen molar-refractivity contribution in [1.82, 2.24) is 20.4 Å². The molecule has 0 bridgehead atoms. The number of H-pyrrole nitrogens is 1. The van der Waals surface area contributed by atoms with Gasteiger partial charge in [0, 0.05) is 29.2 Å². The summed E-state index contributed by atoms with van der Waals surface area (Å²) in [7, 11) is 0. The van der Waals surface area contributed by atoms with Crippen LogP contribution < -0.4 is 11.1 Å². The minimum Gasteiger partial charge on any atom is -0.359 e. The predicted octanol–water partition coefficient (Wildman–Crippen LogP) is 3.93. The van der Waals surface area contributed by atoms with Crippen molar-refractivity contribution in [2.45, 2.75) is 32.2 Å². The van der Waals surface area contributed by atoms with E-state index < -0.39 is 0 Å². The van der Waals surface area contributed by atoms with Crippen molar-refractivity contribution in [1.29, 1.82) is 0 Å². The Bertz CT molecular complexity index is 1150. The molecule has 2 unspecified atom stereocenters. The van der Waals surface area contributed by atoms with Crippen LogP contribution in [0.25, 0.3) is 21.5 Å². The molecule has 29 heavy (non-hydrogen) atoms. The molecule has 2 aromatic carbocycles. The average Bonchev–Trinajstić information content (AvgIpc) is 3.38. The Hall–Kier alpha value is -2.77. The zero-order chi connectivity index (χ0) is 19.8. The highest BCUT2D eigenvalue weighted by Gasteiger charge is 2.24. The smallest absolute Gasteiger partial charge is 0.206 e. The van der Waals surface area contributed by atoms with Gasteiger partial charge in [-0.15, -0.1) is 10.2 Å². The summed E-state index contributed by atoms with van der Waals surface area (Å²) >= 11 is 1.56. The minimum atomic E-state index is 0.0978. The van der Waals surface area contributed by atoms with Crippen LogP contribution in [0, 0.1) is 12.8 Å². The fourth-order valence-corrected chi connectivity index (χ4v) is 4.89. The van der Waals surface area contributed by atoms with Crippen LogP contribution in [0.4, 0.5) is 5.13 Å². The average molecular weight is 405 g/mol. The van der Waals surface area contributed by atoms with Crippen LogP contribution in [0.3, 0.4) is 0 Å². The number of aryl methyl sites for hydroxylation is 2. The molecule has 0 saturated carbocycles. The Morgan fingerprint density at radius 2 is 2.07 bits per heavy atom. The van der Waals surface area contributed by atoms with Crippen molar-refractivity contribution in [2.75, 3.05) is 11.9 Å². The molecular formula is C22H24N6S. The van der Waals surface area contributed by atoms with Gasteiger partial charge in [0.25, 0.3) is 0 Å². The summed E-state index contributed by atoms with van der Waals surface area (Å²) in [6, 6.07) is 15.0. The summed E-state index contributed by atoms with van der Waals surface area (Å²) in [5.74, 6) is 0.497. The molecule has 0 spiro atoms. The number of anilines is 1. The van der Waals surface area contributed by atoms with Gasteiger partial charge in [-0.25, -0.2) is 0 Å². The van der Waals surface area contributed by atoms with Crippen LogP contribution in [0.2, 0.25) is 0 Å². The number of benzene rings is 2. The number of rotatable bonds is 5. The molecule has 0 radical (unpaired) electrons. The van der Waals surface area contributed by atoms with E-state index in [-0.39, 0.29) is 6.04 Å². The van der Waals surface area contributed by atoms with Gasteiger partial charge in [-0.05, 0) is 61.4 Å².